The van der Waals surface area contributed by atoms with Gasteiger partial charge in [0.1, 0.15) is 0 Å². The maximum atomic E-state index is 12.3. The summed E-state index contributed by atoms with van der Waals surface area (Å²) >= 11 is 0. The number of nitrogens with one attached hydrogen (secondary N) is 1. The Bertz CT molecular complexity index is 731. The number of esters is 1. The Morgan fingerprint density at radius 2 is 1.88 bits per heavy atom. The van der Waals surface area contributed by atoms with Crippen molar-refractivity contribution in [2.24, 2.45) is 0 Å². The molecule has 2 rings (SSSR count). The average molecular weight is 342 g/mol. The lowest BCUT2D eigenvalue weighted by Crippen LogP contribution is -2.27. The van der Waals surface area contributed by atoms with Crippen molar-refractivity contribution in [1.29, 1.82) is 0 Å². The molecule has 132 valence electrons. The molecule has 25 heavy (non-hydrogen) atoms. The highest BCUT2D eigenvalue weighted by Crippen LogP contribution is 2.19. The second-order valence-electron chi connectivity index (χ2n) is 5.54. The number of ether oxygens (including phenoxy) is 1. The van der Waals surface area contributed by atoms with Crippen LogP contribution >= 0.6 is 0 Å². The molecular formula is C18H22N4O3. The van der Waals surface area contributed by atoms with Crippen molar-refractivity contribution in [2.75, 3.05) is 26.0 Å². The fourth-order valence-corrected chi connectivity index (χ4v) is 2.22. The van der Waals surface area contributed by atoms with Gasteiger partial charge in [0.05, 0.1) is 23.9 Å². The van der Waals surface area contributed by atoms with E-state index in [4.69, 9.17) is 4.74 Å². The molecule has 0 radical (unpaired) electrons. The first kappa shape index (κ1) is 18.4. The lowest BCUT2D eigenvalue weighted by atomic mass is 10.2. The third kappa shape index (κ3) is 4.76. The monoisotopic (exact) mass is 342 g/mol. The Labute approximate surface area is 147 Å². The molecule has 2 aromatic rings. The van der Waals surface area contributed by atoms with Gasteiger partial charge in [-0.15, -0.1) is 0 Å². The third-order valence-electron chi connectivity index (χ3n) is 3.67. The number of nitrogens with zero attached hydrogens (tertiary/aromatic N) is 3. The van der Waals surface area contributed by atoms with E-state index in [1.807, 2.05) is 0 Å². The number of aromatic nitrogens is 2. The second kappa shape index (κ2) is 8.77. The quantitative estimate of drug-likeness (QED) is 0.779. The van der Waals surface area contributed by atoms with Gasteiger partial charge in [-0.05, 0) is 18.6 Å². The molecule has 0 atom stereocenters. The van der Waals surface area contributed by atoms with Crippen LogP contribution in [0.15, 0.2) is 36.7 Å². The van der Waals surface area contributed by atoms with Crippen LogP contribution in [0.3, 0.4) is 0 Å². The molecule has 0 fully saturated rings. The standard InChI is InChI=1S/C18H22N4O3/c1-4-5-10-22(2)16(23)13-11-19-18(20-12-13)21-15-9-7-6-8-14(15)17(24)25-3/h6-9,11-12H,4-5,10H2,1-3H3,(H,19,20,21). The molecule has 0 spiro atoms. The van der Waals surface area contributed by atoms with Gasteiger partial charge >= 0.3 is 5.97 Å². The Morgan fingerprint density at radius 3 is 2.52 bits per heavy atom. The highest BCUT2D eigenvalue weighted by molar-refractivity contribution is 5.96. The summed E-state index contributed by atoms with van der Waals surface area (Å²) in [5.74, 6) is -0.272. The Hall–Kier alpha value is -2.96. The molecule has 0 aliphatic carbocycles. The van der Waals surface area contributed by atoms with Crippen molar-refractivity contribution in [2.45, 2.75) is 19.8 Å². The van der Waals surface area contributed by atoms with E-state index >= 15 is 0 Å². The van der Waals surface area contributed by atoms with Crippen LogP contribution in [0.25, 0.3) is 0 Å². The lowest BCUT2D eigenvalue weighted by Gasteiger charge is -2.16. The number of unbranched alkanes of at least 4 members (excludes halogenated alkanes) is 1. The lowest BCUT2D eigenvalue weighted by molar-refractivity contribution is 0.0601. The van der Waals surface area contributed by atoms with E-state index in [2.05, 4.69) is 22.2 Å². The minimum absolute atomic E-state index is 0.116. The van der Waals surface area contributed by atoms with Gasteiger partial charge in [0.2, 0.25) is 5.95 Å². The van der Waals surface area contributed by atoms with E-state index in [0.29, 0.717) is 29.3 Å². The molecule has 0 saturated carbocycles. The summed E-state index contributed by atoms with van der Waals surface area (Å²) in [4.78, 5) is 34.0. The highest BCUT2D eigenvalue weighted by Gasteiger charge is 2.14. The molecule has 1 N–H and O–H groups in total. The molecule has 1 aromatic carbocycles. The molecule has 7 heteroatoms. The van der Waals surface area contributed by atoms with E-state index in [-0.39, 0.29) is 5.91 Å². The smallest absolute Gasteiger partial charge is 0.339 e. The van der Waals surface area contributed by atoms with Gasteiger partial charge in [-0.1, -0.05) is 25.5 Å². The minimum Gasteiger partial charge on any atom is -0.465 e. The Morgan fingerprint density at radius 1 is 1.20 bits per heavy atom. The number of carbonyl (C=O) groups excluding carboxylic acids is 2. The molecule has 0 bridgehead atoms. The minimum atomic E-state index is -0.451. The van der Waals surface area contributed by atoms with Gasteiger partial charge in [-0.25, -0.2) is 14.8 Å². The summed E-state index contributed by atoms with van der Waals surface area (Å²) in [5, 5.41) is 2.97. The number of hydrogen-bond donors (Lipinski definition) is 1. The second-order valence-corrected chi connectivity index (χ2v) is 5.54. The zero-order valence-corrected chi connectivity index (χ0v) is 14.7. The molecule has 0 unspecified atom stereocenters. The molecule has 1 heterocycles. The fraction of sp³-hybridized carbons (Fsp3) is 0.333. The van der Waals surface area contributed by atoms with E-state index in [0.717, 1.165) is 12.8 Å². The van der Waals surface area contributed by atoms with Crippen LogP contribution in [-0.4, -0.2) is 47.4 Å². The van der Waals surface area contributed by atoms with Crippen LogP contribution in [0, 0.1) is 0 Å². The van der Waals surface area contributed by atoms with Gasteiger partial charge in [0, 0.05) is 26.0 Å². The van der Waals surface area contributed by atoms with Gasteiger partial charge in [0.15, 0.2) is 0 Å². The highest BCUT2D eigenvalue weighted by atomic mass is 16.5. The molecule has 1 aromatic heterocycles. The topological polar surface area (TPSA) is 84.4 Å². The molecular weight excluding hydrogens is 320 g/mol. The fourth-order valence-electron chi connectivity index (χ4n) is 2.22. The van der Waals surface area contributed by atoms with E-state index in [1.54, 1.807) is 36.2 Å². The van der Waals surface area contributed by atoms with Crippen LogP contribution in [0.4, 0.5) is 11.6 Å². The number of rotatable bonds is 7. The molecule has 0 aliphatic heterocycles. The molecule has 7 nitrogen and oxygen atoms in total. The maximum absolute atomic E-state index is 12.3. The summed E-state index contributed by atoms with van der Waals surface area (Å²) in [6.07, 6.45) is 4.92. The van der Waals surface area contributed by atoms with Crippen LogP contribution in [0.5, 0.6) is 0 Å². The Kier molecular flexibility index (Phi) is 6.45. The molecule has 0 aliphatic rings. The van der Waals surface area contributed by atoms with Crippen LogP contribution < -0.4 is 5.32 Å². The molecule has 1 amide bonds. The van der Waals surface area contributed by atoms with E-state index in [1.165, 1.54) is 19.5 Å². The van der Waals surface area contributed by atoms with Gasteiger partial charge in [0.25, 0.3) is 5.91 Å². The summed E-state index contributed by atoms with van der Waals surface area (Å²) in [7, 11) is 3.09. The number of benzene rings is 1. The van der Waals surface area contributed by atoms with Crippen molar-refractivity contribution in [3.8, 4) is 0 Å². The molecule has 0 saturated heterocycles. The first-order valence-corrected chi connectivity index (χ1v) is 8.08. The predicted octanol–water partition coefficient (Wildman–Crippen LogP) is 2.88. The number of anilines is 2. The normalized spacial score (nSPS) is 10.2. The first-order valence-electron chi connectivity index (χ1n) is 8.08. The van der Waals surface area contributed by atoms with Crippen LogP contribution in [0.2, 0.25) is 0 Å². The SMILES string of the molecule is CCCCN(C)C(=O)c1cnc(Nc2ccccc2C(=O)OC)nc1. The summed E-state index contributed by atoms with van der Waals surface area (Å²) in [5.41, 5.74) is 1.34. The van der Waals surface area contributed by atoms with Crippen LogP contribution in [0.1, 0.15) is 40.5 Å². The number of para-hydroxylation sites is 1. The van der Waals surface area contributed by atoms with Crippen molar-refractivity contribution >= 4 is 23.5 Å². The van der Waals surface area contributed by atoms with Crippen molar-refractivity contribution in [3.63, 3.8) is 0 Å². The zero-order valence-electron chi connectivity index (χ0n) is 14.7. The summed E-state index contributed by atoms with van der Waals surface area (Å²) < 4.78 is 4.75. The van der Waals surface area contributed by atoms with Crippen molar-refractivity contribution in [3.05, 3.63) is 47.8 Å². The number of amides is 1. The average Bonchev–Trinajstić information content (AvgIpc) is 2.66. The van der Waals surface area contributed by atoms with Crippen molar-refractivity contribution in [1.82, 2.24) is 14.9 Å². The Balaban J connectivity index is 2.11. The predicted molar refractivity (Wildman–Crippen MR) is 95.0 cm³/mol. The number of carbonyl (C=O) groups is 2. The van der Waals surface area contributed by atoms with Gasteiger partial charge < -0.3 is 15.0 Å². The van der Waals surface area contributed by atoms with Gasteiger partial charge in [-0.3, -0.25) is 4.79 Å². The van der Waals surface area contributed by atoms with Crippen molar-refractivity contribution < 1.29 is 14.3 Å². The summed E-state index contributed by atoms with van der Waals surface area (Å²) in [6, 6.07) is 6.91. The van der Waals surface area contributed by atoms with E-state index < -0.39 is 5.97 Å². The summed E-state index contributed by atoms with van der Waals surface area (Å²) in [6.45, 7) is 2.77. The van der Waals surface area contributed by atoms with Crippen LogP contribution in [-0.2, 0) is 4.74 Å². The maximum Gasteiger partial charge on any atom is 0.339 e. The number of methoxy groups -OCH3 is 1. The third-order valence-corrected chi connectivity index (χ3v) is 3.67. The number of hydrogen-bond acceptors (Lipinski definition) is 6. The van der Waals surface area contributed by atoms with Gasteiger partial charge in [-0.2, -0.15) is 0 Å². The largest absolute Gasteiger partial charge is 0.465 e. The first-order chi connectivity index (χ1) is 12.1. The van der Waals surface area contributed by atoms with E-state index in [9.17, 15) is 9.59 Å². The zero-order chi connectivity index (χ0) is 18.2.